The van der Waals surface area contributed by atoms with Crippen LogP contribution in [0.5, 0.6) is 0 Å². The fourth-order valence-electron chi connectivity index (χ4n) is 1.29. The number of carbonyl (C=O) groups excluding carboxylic acids is 1. The van der Waals surface area contributed by atoms with E-state index in [1.807, 2.05) is 31.4 Å². The Morgan fingerprint density at radius 1 is 1.41 bits per heavy atom. The highest BCUT2D eigenvalue weighted by Crippen LogP contribution is 2.19. The second-order valence-electron chi connectivity index (χ2n) is 3.52. The van der Waals surface area contributed by atoms with E-state index in [0.717, 1.165) is 16.0 Å². The highest BCUT2D eigenvalue weighted by atomic mass is 32.2. The van der Waals surface area contributed by atoms with Gasteiger partial charge in [0, 0.05) is 4.90 Å². The molecule has 0 atom stereocenters. The zero-order valence-electron chi connectivity index (χ0n) is 9.73. The van der Waals surface area contributed by atoms with Gasteiger partial charge >= 0.3 is 11.9 Å². The number of thioether (sulfide) groups is 1. The highest BCUT2D eigenvalue weighted by molar-refractivity contribution is 7.98. The molecule has 1 aromatic carbocycles. The second-order valence-corrected chi connectivity index (χ2v) is 4.40. The van der Waals surface area contributed by atoms with E-state index in [-0.39, 0.29) is 6.61 Å². The molecule has 0 saturated heterocycles. The van der Waals surface area contributed by atoms with E-state index in [2.05, 4.69) is 0 Å². The summed E-state index contributed by atoms with van der Waals surface area (Å²) in [4.78, 5) is 22.5. The Balaban J connectivity index is 2.57. The lowest BCUT2D eigenvalue weighted by molar-refractivity contribution is -0.152. The number of hydrogen-bond acceptors (Lipinski definition) is 4. The third-order valence-electron chi connectivity index (χ3n) is 2.23. The minimum atomic E-state index is -1.18. The third kappa shape index (κ3) is 4.48. The standard InChI is InChI=1S/C12H14O4S/c1-8-5-10(17-2)4-3-9(8)7-16-12(15)6-11(13)14/h3-5H,6-7H2,1-2H3,(H,13,14). The van der Waals surface area contributed by atoms with Crippen molar-refractivity contribution in [3.05, 3.63) is 29.3 Å². The van der Waals surface area contributed by atoms with Gasteiger partial charge < -0.3 is 9.84 Å². The molecule has 4 nitrogen and oxygen atoms in total. The van der Waals surface area contributed by atoms with E-state index in [1.165, 1.54) is 0 Å². The molecule has 0 unspecified atom stereocenters. The SMILES string of the molecule is CSc1ccc(COC(=O)CC(=O)O)c(C)c1. The Kier molecular flexibility index (Phi) is 5.03. The Morgan fingerprint density at radius 3 is 2.65 bits per heavy atom. The van der Waals surface area contributed by atoms with Crippen LogP contribution < -0.4 is 0 Å². The van der Waals surface area contributed by atoms with Gasteiger partial charge in [-0.2, -0.15) is 0 Å². The molecule has 0 saturated carbocycles. The van der Waals surface area contributed by atoms with Crippen LogP contribution >= 0.6 is 11.8 Å². The van der Waals surface area contributed by atoms with Gasteiger partial charge in [0.05, 0.1) is 0 Å². The third-order valence-corrected chi connectivity index (χ3v) is 2.96. The maximum atomic E-state index is 11.1. The summed E-state index contributed by atoms with van der Waals surface area (Å²) in [5.74, 6) is -1.89. The Bertz CT molecular complexity index is 429. The predicted octanol–water partition coefficient (Wildman–Crippen LogP) is 2.23. The van der Waals surface area contributed by atoms with E-state index in [1.54, 1.807) is 11.8 Å². The Morgan fingerprint density at radius 2 is 2.12 bits per heavy atom. The topological polar surface area (TPSA) is 63.6 Å². The zero-order chi connectivity index (χ0) is 12.8. The molecule has 0 radical (unpaired) electrons. The van der Waals surface area contributed by atoms with Gasteiger partial charge in [0.25, 0.3) is 0 Å². The Hall–Kier alpha value is -1.49. The zero-order valence-corrected chi connectivity index (χ0v) is 10.5. The number of carboxylic acid groups (broad SMARTS) is 1. The first-order chi connectivity index (χ1) is 8.02. The van der Waals surface area contributed by atoms with Crippen molar-refractivity contribution < 1.29 is 19.4 Å². The highest BCUT2D eigenvalue weighted by Gasteiger charge is 2.09. The second kappa shape index (κ2) is 6.30. The van der Waals surface area contributed by atoms with Crippen LogP contribution in [0.2, 0.25) is 0 Å². The molecule has 0 fully saturated rings. The summed E-state index contributed by atoms with van der Waals surface area (Å²) >= 11 is 1.64. The molecule has 0 aliphatic heterocycles. The van der Waals surface area contributed by atoms with Crippen LogP contribution in [0.15, 0.2) is 23.1 Å². The molecule has 0 aliphatic rings. The maximum Gasteiger partial charge on any atom is 0.317 e. The summed E-state index contributed by atoms with van der Waals surface area (Å²) in [6.07, 6.45) is 1.39. The molecule has 92 valence electrons. The first kappa shape index (κ1) is 13.6. The molecule has 1 aromatic rings. The largest absolute Gasteiger partial charge is 0.481 e. The van der Waals surface area contributed by atoms with Crippen LogP contribution in [0.1, 0.15) is 17.5 Å². The lowest BCUT2D eigenvalue weighted by Gasteiger charge is -2.08. The van der Waals surface area contributed by atoms with Crippen LogP contribution in [-0.4, -0.2) is 23.3 Å². The van der Waals surface area contributed by atoms with E-state index in [4.69, 9.17) is 9.84 Å². The first-order valence-corrected chi connectivity index (χ1v) is 6.26. The van der Waals surface area contributed by atoms with Gasteiger partial charge in [0.15, 0.2) is 0 Å². The fourth-order valence-corrected chi connectivity index (χ4v) is 1.79. The van der Waals surface area contributed by atoms with E-state index >= 15 is 0 Å². The van der Waals surface area contributed by atoms with E-state index in [0.29, 0.717) is 0 Å². The quantitative estimate of drug-likeness (QED) is 0.496. The summed E-state index contributed by atoms with van der Waals surface area (Å²) < 4.78 is 4.87. The number of rotatable bonds is 5. The van der Waals surface area contributed by atoms with Crippen LogP contribution in [0, 0.1) is 6.92 Å². The Labute approximate surface area is 104 Å². The molecule has 5 heteroatoms. The molecule has 0 heterocycles. The fraction of sp³-hybridized carbons (Fsp3) is 0.333. The van der Waals surface area contributed by atoms with Crippen molar-refractivity contribution in [2.45, 2.75) is 24.8 Å². The number of esters is 1. The predicted molar refractivity (Wildman–Crippen MR) is 65.0 cm³/mol. The van der Waals surface area contributed by atoms with Crippen LogP contribution in [-0.2, 0) is 20.9 Å². The van der Waals surface area contributed by atoms with Crippen molar-refractivity contribution in [3.8, 4) is 0 Å². The number of aryl methyl sites for hydroxylation is 1. The normalized spacial score (nSPS) is 10.0. The number of hydrogen-bond donors (Lipinski definition) is 1. The van der Waals surface area contributed by atoms with E-state index < -0.39 is 18.4 Å². The van der Waals surface area contributed by atoms with Gasteiger partial charge in [-0.05, 0) is 36.4 Å². The van der Waals surface area contributed by atoms with Gasteiger partial charge in [0.1, 0.15) is 13.0 Å². The number of aliphatic carboxylic acids is 1. The summed E-state index contributed by atoms with van der Waals surface area (Å²) in [5, 5.41) is 8.40. The molecule has 17 heavy (non-hydrogen) atoms. The lowest BCUT2D eigenvalue weighted by atomic mass is 10.1. The average Bonchev–Trinajstić information content (AvgIpc) is 2.26. The summed E-state index contributed by atoms with van der Waals surface area (Å²) in [5.41, 5.74) is 1.92. The van der Waals surface area contributed by atoms with Gasteiger partial charge in [-0.25, -0.2) is 0 Å². The van der Waals surface area contributed by atoms with E-state index in [9.17, 15) is 9.59 Å². The average molecular weight is 254 g/mol. The molecule has 0 aliphatic carbocycles. The molecular weight excluding hydrogens is 240 g/mol. The van der Waals surface area contributed by atoms with Gasteiger partial charge in [-0.3, -0.25) is 9.59 Å². The number of carbonyl (C=O) groups is 2. The van der Waals surface area contributed by atoms with Crippen molar-refractivity contribution in [1.82, 2.24) is 0 Å². The minimum absolute atomic E-state index is 0.118. The molecule has 1 N–H and O–H groups in total. The van der Waals surface area contributed by atoms with Gasteiger partial charge in [0.2, 0.25) is 0 Å². The molecular formula is C12H14O4S. The smallest absolute Gasteiger partial charge is 0.317 e. The molecule has 1 rings (SSSR count). The van der Waals surface area contributed by atoms with Crippen LogP contribution in [0.25, 0.3) is 0 Å². The molecule has 0 bridgehead atoms. The number of carboxylic acids is 1. The first-order valence-electron chi connectivity index (χ1n) is 5.04. The van der Waals surface area contributed by atoms with Crippen LogP contribution in [0.3, 0.4) is 0 Å². The van der Waals surface area contributed by atoms with Crippen molar-refractivity contribution >= 4 is 23.7 Å². The van der Waals surface area contributed by atoms with Crippen molar-refractivity contribution in [2.24, 2.45) is 0 Å². The number of benzene rings is 1. The summed E-state index contributed by atoms with van der Waals surface area (Å²) in [6, 6.07) is 5.83. The van der Waals surface area contributed by atoms with Crippen LogP contribution in [0.4, 0.5) is 0 Å². The molecule has 0 amide bonds. The summed E-state index contributed by atoms with van der Waals surface area (Å²) in [6.45, 7) is 2.05. The number of ether oxygens (including phenoxy) is 1. The van der Waals surface area contributed by atoms with Gasteiger partial charge in [-0.15, -0.1) is 11.8 Å². The van der Waals surface area contributed by atoms with Gasteiger partial charge in [-0.1, -0.05) is 6.07 Å². The van der Waals surface area contributed by atoms with Crippen molar-refractivity contribution in [1.29, 1.82) is 0 Å². The van der Waals surface area contributed by atoms with Crippen molar-refractivity contribution in [2.75, 3.05) is 6.26 Å². The minimum Gasteiger partial charge on any atom is -0.481 e. The lowest BCUT2D eigenvalue weighted by Crippen LogP contribution is -2.10. The maximum absolute atomic E-state index is 11.1. The molecule has 0 aromatic heterocycles. The summed E-state index contributed by atoms with van der Waals surface area (Å²) in [7, 11) is 0. The van der Waals surface area contributed by atoms with Crippen molar-refractivity contribution in [3.63, 3.8) is 0 Å². The molecule has 0 spiro atoms. The monoisotopic (exact) mass is 254 g/mol.